The van der Waals surface area contributed by atoms with Crippen LogP contribution in [-0.4, -0.2) is 11.0 Å². The Morgan fingerprint density at radius 1 is 1.05 bits per heavy atom. The average Bonchev–Trinajstić information content (AvgIpc) is 2.45. The summed E-state index contributed by atoms with van der Waals surface area (Å²) in [7, 11) is 0. The second-order valence-corrected chi connectivity index (χ2v) is 4.26. The van der Waals surface area contributed by atoms with Crippen LogP contribution in [-0.2, 0) is 13.2 Å². The maximum atomic E-state index is 13.4. The summed E-state index contributed by atoms with van der Waals surface area (Å²) in [6.07, 6.45) is 0. The van der Waals surface area contributed by atoms with Crippen LogP contribution in [0.3, 0.4) is 0 Å². The number of aliphatic hydroxyl groups is 1. The normalized spacial score (nSPS) is 10.3. The van der Waals surface area contributed by atoms with Gasteiger partial charge in [0.05, 0.1) is 6.61 Å². The van der Waals surface area contributed by atoms with Crippen LogP contribution >= 0.6 is 0 Å². The minimum absolute atomic E-state index is 0.107. The molecule has 0 fully saturated rings. The van der Waals surface area contributed by atoms with Crippen LogP contribution < -0.4 is 5.32 Å². The van der Waals surface area contributed by atoms with Gasteiger partial charge >= 0.3 is 0 Å². The van der Waals surface area contributed by atoms with Crippen molar-refractivity contribution in [1.82, 2.24) is 5.32 Å². The number of nitrogens with one attached hydrogen (secondary N) is 1. The first kappa shape index (κ1) is 14.1. The van der Waals surface area contributed by atoms with Gasteiger partial charge in [-0.1, -0.05) is 30.3 Å². The van der Waals surface area contributed by atoms with Gasteiger partial charge in [-0.25, -0.2) is 8.78 Å². The zero-order valence-corrected chi connectivity index (χ0v) is 10.6. The van der Waals surface area contributed by atoms with E-state index in [9.17, 15) is 13.6 Å². The van der Waals surface area contributed by atoms with E-state index in [4.69, 9.17) is 5.11 Å². The van der Waals surface area contributed by atoms with Gasteiger partial charge in [0.25, 0.3) is 5.91 Å². The van der Waals surface area contributed by atoms with E-state index in [-0.39, 0.29) is 13.2 Å². The number of aliphatic hydroxyl groups excluding tert-OH is 1. The minimum atomic E-state index is -0.897. The summed E-state index contributed by atoms with van der Waals surface area (Å²) in [5.41, 5.74) is 0.848. The van der Waals surface area contributed by atoms with Gasteiger partial charge in [0.2, 0.25) is 0 Å². The highest BCUT2D eigenvalue weighted by Gasteiger charge is 2.16. The second-order valence-electron chi connectivity index (χ2n) is 4.26. The fourth-order valence-electron chi connectivity index (χ4n) is 1.82. The monoisotopic (exact) mass is 277 g/mol. The largest absolute Gasteiger partial charge is 0.392 e. The van der Waals surface area contributed by atoms with Crippen molar-refractivity contribution >= 4 is 5.91 Å². The highest BCUT2D eigenvalue weighted by molar-refractivity contribution is 5.94. The van der Waals surface area contributed by atoms with Crippen molar-refractivity contribution in [2.45, 2.75) is 13.2 Å². The molecule has 0 unspecified atom stereocenters. The van der Waals surface area contributed by atoms with Gasteiger partial charge in [-0.3, -0.25) is 4.79 Å². The number of hydrogen-bond acceptors (Lipinski definition) is 2. The Labute approximate surface area is 114 Å². The number of carbonyl (C=O) groups excluding carboxylic acids is 1. The van der Waals surface area contributed by atoms with Gasteiger partial charge in [0.15, 0.2) is 0 Å². The molecule has 20 heavy (non-hydrogen) atoms. The molecule has 0 spiro atoms. The molecule has 5 heteroatoms. The Morgan fingerprint density at radius 2 is 1.65 bits per heavy atom. The maximum Gasteiger partial charge on any atom is 0.257 e. The lowest BCUT2D eigenvalue weighted by Gasteiger charge is -2.08. The van der Waals surface area contributed by atoms with Crippen molar-refractivity contribution < 1.29 is 18.7 Å². The molecular formula is C15H13F2NO2. The van der Waals surface area contributed by atoms with Crippen molar-refractivity contribution in [2.24, 2.45) is 0 Å². The van der Waals surface area contributed by atoms with E-state index in [0.29, 0.717) is 5.56 Å². The fraction of sp³-hybridized carbons (Fsp3) is 0.133. The summed E-state index contributed by atoms with van der Waals surface area (Å²) in [5.74, 6) is -2.60. The first-order valence-electron chi connectivity index (χ1n) is 6.02. The maximum absolute atomic E-state index is 13.4. The van der Waals surface area contributed by atoms with Gasteiger partial charge in [0.1, 0.15) is 17.2 Å². The van der Waals surface area contributed by atoms with E-state index < -0.39 is 23.1 Å². The van der Waals surface area contributed by atoms with Crippen molar-refractivity contribution in [3.63, 3.8) is 0 Å². The number of rotatable bonds is 4. The van der Waals surface area contributed by atoms with E-state index in [2.05, 4.69) is 5.32 Å². The Bertz CT molecular complexity index is 609. The number of carbonyl (C=O) groups is 1. The highest BCUT2D eigenvalue weighted by Crippen LogP contribution is 2.12. The molecule has 0 aromatic heterocycles. The van der Waals surface area contributed by atoms with Crippen molar-refractivity contribution in [1.29, 1.82) is 0 Å². The molecule has 1 amide bonds. The smallest absolute Gasteiger partial charge is 0.257 e. The van der Waals surface area contributed by atoms with Gasteiger partial charge in [0, 0.05) is 6.54 Å². The van der Waals surface area contributed by atoms with E-state index in [1.54, 1.807) is 24.3 Å². The standard InChI is InChI=1S/C15H13F2NO2/c16-12-5-2-6-13(17)14(12)15(20)18-8-10-3-1-4-11(7-10)9-19/h1-7,19H,8-9H2,(H,18,20). The predicted octanol–water partition coefficient (Wildman–Crippen LogP) is 2.39. The van der Waals surface area contributed by atoms with Crippen LogP contribution in [0.1, 0.15) is 21.5 Å². The van der Waals surface area contributed by atoms with Crippen LogP contribution in [0, 0.1) is 11.6 Å². The molecule has 2 aromatic carbocycles. The molecule has 0 aliphatic heterocycles. The van der Waals surface area contributed by atoms with Gasteiger partial charge in [-0.05, 0) is 23.3 Å². The Morgan fingerprint density at radius 3 is 2.30 bits per heavy atom. The number of amides is 1. The molecule has 2 N–H and O–H groups in total. The van der Waals surface area contributed by atoms with E-state index in [1.165, 1.54) is 6.07 Å². The van der Waals surface area contributed by atoms with Gasteiger partial charge in [-0.2, -0.15) is 0 Å². The van der Waals surface area contributed by atoms with Crippen molar-refractivity contribution in [3.8, 4) is 0 Å². The molecule has 104 valence electrons. The molecule has 0 aliphatic rings. The lowest BCUT2D eigenvalue weighted by atomic mass is 10.1. The van der Waals surface area contributed by atoms with E-state index >= 15 is 0 Å². The van der Waals surface area contributed by atoms with E-state index in [1.807, 2.05) is 0 Å². The molecule has 3 nitrogen and oxygen atoms in total. The number of halogens is 2. The topological polar surface area (TPSA) is 49.3 Å². The van der Waals surface area contributed by atoms with Crippen molar-refractivity contribution in [2.75, 3.05) is 0 Å². The lowest BCUT2D eigenvalue weighted by molar-refractivity contribution is 0.0942. The minimum Gasteiger partial charge on any atom is -0.392 e. The Balaban J connectivity index is 2.09. The quantitative estimate of drug-likeness (QED) is 0.901. The average molecular weight is 277 g/mol. The highest BCUT2D eigenvalue weighted by atomic mass is 19.1. The van der Waals surface area contributed by atoms with Gasteiger partial charge in [-0.15, -0.1) is 0 Å². The molecular weight excluding hydrogens is 264 g/mol. The molecule has 0 saturated carbocycles. The van der Waals surface area contributed by atoms with Crippen molar-refractivity contribution in [3.05, 3.63) is 70.8 Å². The molecule has 0 atom stereocenters. The number of hydrogen-bond donors (Lipinski definition) is 2. The molecule has 0 heterocycles. The molecule has 0 aliphatic carbocycles. The molecule has 0 saturated heterocycles. The fourth-order valence-corrected chi connectivity index (χ4v) is 1.82. The molecule has 0 bridgehead atoms. The zero-order valence-electron chi connectivity index (χ0n) is 10.6. The zero-order chi connectivity index (χ0) is 14.5. The first-order chi connectivity index (χ1) is 9.61. The summed E-state index contributed by atoms with van der Waals surface area (Å²) in [5, 5.41) is 11.5. The third kappa shape index (κ3) is 3.19. The van der Waals surface area contributed by atoms with E-state index in [0.717, 1.165) is 17.7 Å². The van der Waals surface area contributed by atoms with Crippen LogP contribution in [0.2, 0.25) is 0 Å². The Hall–Kier alpha value is -2.27. The third-order valence-electron chi connectivity index (χ3n) is 2.82. The first-order valence-corrected chi connectivity index (χ1v) is 6.02. The summed E-state index contributed by atoms with van der Waals surface area (Å²) < 4.78 is 26.8. The van der Waals surface area contributed by atoms with Crippen LogP contribution in [0.5, 0.6) is 0 Å². The van der Waals surface area contributed by atoms with Crippen LogP contribution in [0.15, 0.2) is 42.5 Å². The van der Waals surface area contributed by atoms with Gasteiger partial charge < -0.3 is 10.4 Å². The molecule has 2 rings (SSSR count). The van der Waals surface area contributed by atoms with Crippen LogP contribution in [0.4, 0.5) is 8.78 Å². The predicted molar refractivity (Wildman–Crippen MR) is 69.9 cm³/mol. The molecule has 2 aromatic rings. The third-order valence-corrected chi connectivity index (χ3v) is 2.82. The summed E-state index contributed by atoms with van der Waals surface area (Å²) in [6.45, 7) is 0.0180. The summed E-state index contributed by atoms with van der Waals surface area (Å²) in [4.78, 5) is 11.8. The molecule has 0 radical (unpaired) electrons. The number of benzene rings is 2. The SMILES string of the molecule is O=C(NCc1cccc(CO)c1)c1c(F)cccc1F. The summed E-state index contributed by atoms with van der Waals surface area (Å²) in [6, 6.07) is 10.2. The Kier molecular flexibility index (Phi) is 4.42. The second kappa shape index (κ2) is 6.25. The summed E-state index contributed by atoms with van der Waals surface area (Å²) >= 11 is 0. The van der Waals surface area contributed by atoms with Crippen LogP contribution in [0.25, 0.3) is 0 Å². The lowest BCUT2D eigenvalue weighted by Crippen LogP contribution is -2.25.